The highest BCUT2D eigenvalue weighted by Crippen LogP contribution is 2.12. The van der Waals surface area contributed by atoms with E-state index in [-0.39, 0.29) is 13.0 Å². The van der Waals surface area contributed by atoms with Gasteiger partial charge in [0.2, 0.25) is 5.78 Å². The standard InChI is InChI=1S/C16H13IO3/c17-14-9-5-4-8-13(14)10-15(18)16(19)20-11-12-6-2-1-3-7-12/h1-9H,10-11H2. The van der Waals surface area contributed by atoms with Gasteiger partial charge in [0.25, 0.3) is 0 Å². The molecule has 2 aromatic carbocycles. The van der Waals surface area contributed by atoms with E-state index >= 15 is 0 Å². The minimum Gasteiger partial charge on any atom is -0.455 e. The lowest BCUT2D eigenvalue weighted by atomic mass is 10.1. The smallest absolute Gasteiger partial charge is 0.375 e. The van der Waals surface area contributed by atoms with Gasteiger partial charge in [0.1, 0.15) is 6.61 Å². The van der Waals surface area contributed by atoms with Crippen LogP contribution in [0.2, 0.25) is 0 Å². The number of carbonyl (C=O) groups excluding carboxylic acids is 2. The van der Waals surface area contributed by atoms with Crippen molar-refractivity contribution >= 4 is 34.3 Å². The summed E-state index contributed by atoms with van der Waals surface area (Å²) in [6.07, 6.45) is 0.0761. The third kappa shape index (κ3) is 4.16. The monoisotopic (exact) mass is 380 g/mol. The Balaban J connectivity index is 1.90. The molecule has 2 rings (SSSR count). The molecule has 0 heterocycles. The highest BCUT2D eigenvalue weighted by Gasteiger charge is 2.17. The Labute approximate surface area is 131 Å². The second kappa shape index (κ2) is 7.19. The zero-order valence-corrected chi connectivity index (χ0v) is 12.9. The third-order valence-electron chi connectivity index (χ3n) is 2.75. The molecule has 0 saturated carbocycles. The van der Waals surface area contributed by atoms with Gasteiger partial charge in [-0.1, -0.05) is 48.5 Å². The molecule has 0 spiro atoms. The number of Topliss-reactive ketones (excluding diaryl/α,β-unsaturated/α-hetero) is 1. The highest BCUT2D eigenvalue weighted by atomic mass is 127. The van der Waals surface area contributed by atoms with Crippen LogP contribution in [0, 0.1) is 3.57 Å². The normalized spacial score (nSPS) is 10.1. The molecule has 102 valence electrons. The van der Waals surface area contributed by atoms with Gasteiger partial charge in [-0.15, -0.1) is 0 Å². The van der Waals surface area contributed by atoms with E-state index in [2.05, 4.69) is 22.6 Å². The summed E-state index contributed by atoms with van der Waals surface area (Å²) in [5, 5.41) is 0. The van der Waals surface area contributed by atoms with Crippen LogP contribution in [0.15, 0.2) is 54.6 Å². The van der Waals surface area contributed by atoms with Crippen LogP contribution in [0.5, 0.6) is 0 Å². The fourth-order valence-electron chi connectivity index (χ4n) is 1.69. The van der Waals surface area contributed by atoms with E-state index in [4.69, 9.17) is 4.74 Å². The van der Waals surface area contributed by atoms with Crippen LogP contribution in [-0.2, 0) is 27.4 Å². The maximum atomic E-state index is 11.8. The van der Waals surface area contributed by atoms with Crippen LogP contribution < -0.4 is 0 Å². The van der Waals surface area contributed by atoms with E-state index in [9.17, 15) is 9.59 Å². The Kier molecular flexibility index (Phi) is 5.29. The molecule has 3 nitrogen and oxygen atoms in total. The Bertz CT molecular complexity index is 608. The SMILES string of the molecule is O=C(Cc1ccccc1I)C(=O)OCc1ccccc1. The lowest BCUT2D eigenvalue weighted by Crippen LogP contribution is -2.19. The van der Waals surface area contributed by atoms with Crippen LogP contribution >= 0.6 is 22.6 Å². The minimum absolute atomic E-state index is 0.0761. The van der Waals surface area contributed by atoms with Gasteiger partial charge < -0.3 is 4.74 Å². The van der Waals surface area contributed by atoms with Gasteiger partial charge in [0, 0.05) is 9.99 Å². The van der Waals surface area contributed by atoms with Crippen molar-refractivity contribution in [3.8, 4) is 0 Å². The molecule has 0 unspecified atom stereocenters. The van der Waals surface area contributed by atoms with Gasteiger partial charge in [-0.05, 0) is 39.8 Å². The number of ether oxygens (including phenoxy) is 1. The second-order valence-corrected chi connectivity index (χ2v) is 5.42. The number of hydrogen-bond donors (Lipinski definition) is 0. The van der Waals surface area contributed by atoms with Crippen molar-refractivity contribution in [1.29, 1.82) is 0 Å². The number of esters is 1. The number of rotatable bonds is 5. The van der Waals surface area contributed by atoms with Crippen molar-refractivity contribution in [2.45, 2.75) is 13.0 Å². The summed E-state index contributed by atoms with van der Waals surface area (Å²) in [6.45, 7) is 0.122. The van der Waals surface area contributed by atoms with Gasteiger partial charge in [-0.2, -0.15) is 0 Å². The Morgan fingerprint density at radius 2 is 1.60 bits per heavy atom. The van der Waals surface area contributed by atoms with E-state index in [1.807, 2.05) is 54.6 Å². The number of benzene rings is 2. The zero-order valence-electron chi connectivity index (χ0n) is 10.7. The lowest BCUT2D eigenvalue weighted by molar-refractivity contribution is -0.154. The van der Waals surface area contributed by atoms with Crippen LogP contribution in [0.4, 0.5) is 0 Å². The number of ketones is 1. The number of halogens is 1. The van der Waals surface area contributed by atoms with E-state index in [1.54, 1.807) is 0 Å². The van der Waals surface area contributed by atoms with Crippen LogP contribution in [0.1, 0.15) is 11.1 Å². The van der Waals surface area contributed by atoms with Crippen molar-refractivity contribution in [2.24, 2.45) is 0 Å². The van der Waals surface area contributed by atoms with E-state index in [1.165, 1.54) is 0 Å². The minimum atomic E-state index is -0.784. The summed E-state index contributed by atoms with van der Waals surface area (Å²) in [6, 6.07) is 16.8. The number of hydrogen-bond acceptors (Lipinski definition) is 3. The second-order valence-electron chi connectivity index (χ2n) is 4.25. The van der Waals surface area contributed by atoms with Crippen molar-refractivity contribution in [2.75, 3.05) is 0 Å². The summed E-state index contributed by atoms with van der Waals surface area (Å²) in [5.41, 5.74) is 1.71. The fraction of sp³-hybridized carbons (Fsp3) is 0.125. The molecule has 0 aliphatic carbocycles. The molecular formula is C16H13IO3. The molecule has 0 atom stereocenters. The van der Waals surface area contributed by atoms with Gasteiger partial charge in [0.15, 0.2) is 0 Å². The largest absolute Gasteiger partial charge is 0.455 e. The van der Waals surface area contributed by atoms with Gasteiger partial charge in [-0.3, -0.25) is 4.79 Å². The summed E-state index contributed by atoms with van der Waals surface area (Å²) >= 11 is 2.14. The van der Waals surface area contributed by atoms with Gasteiger partial charge >= 0.3 is 5.97 Å². The first-order valence-corrected chi connectivity index (χ1v) is 7.22. The summed E-state index contributed by atoms with van der Waals surface area (Å²) in [5.74, 6) is -1.31. The Morgan fingerprint density at radius 3 is 2.30 bits per heavy atom. The molecule has 0 aliphatic heterocycles. The predicted molar refractivity (Wildman–Crippen MR) is 84.1 cm³/mol. The molecule has 0 saturated heterocycles. The summed E-state index contributed by atoms with van der Waals surface area (Å²) in [7, 11) is 0. The summed E-state index contributed by atoms with van der Waals surface area (Å²) in [4.78, 5) is 23.5. The van der Waals surface area contributed by atoms with Gasteiger partial charge in [0.05, 0.1) is 0 Å². The third-order valence-corrected chi connectivity index (χ3v) is 3.80. The topological polar surface area (TPSA) is 43.4 Å². The summed E-state index contributed by atoms with van der Waals surface area (Å²) < 4.78 is 5.98. The first kappa shape index (κ1) is 14.7. The average molecular weight is 380 g/mol. The molecule has 0 radical (unpaired) electrons. The van der Waals surface area contributed by atoms with Crippen molar-refractivity contribution < 1.29 is 14.3 Å². The average Bonchev–Trinajstić information content (AvgIpc) is 2.48. The van der Waals surface area contributed by atoms with E-state index in [0.717, 1.165) is 14.7 Å². The first-order valence-electron chi connectivity index (χ1n) is 6.14. The quantitative estimate of drug-likeness (QED) is 0.455. The fourth-order valence-corrected chi connectivity index (χ4v) is 2.27. The Morgan fingerprint density at radius 1 is 0.950 bits per heavy atom. The van der Waals surface area contributed by atoms with Crippen LogP contribution in [0.25, 0.3) is 0 Å². The van der Waals surface area contributed by atoms with Crippen LogP contribution in [-0.4, -0.2) is 11.8 Å². The zero-order chi connectivity index (χ0) is 14.4. The predicted octanol–water partition coefficient (Wildman–Crippen LogP) is 3.15. The molecule has 0 amide bonds. The molecule has 0 bridgehead atoms. The van der Waals surface area contributed by atoms with Crippen LogP contribution in [0.3, 0.4) is 0 Å². The van der Waals surface area contributed by atoms with Crippen molar-refractivity contribution in [3.05, 3.63) is 69.3 Å². The van der Waals surface area contributed by atoms with Crippen molar-refractivity contribution in [1.82, 2.24) is 0 Å². The molecule has 0 fully saturated rings. The van der Waals surface area contributed by atoms with Crippen molar-refractivity contribution in [3.63, 3.8) is 0 Å². The number of carbonyl (C=O) groups is 2. The highest BCUT2D eigenvalue weighted by molar-refractivity contribution is 14.1. The lowest BCUT2D eigenvalue weighted by Gasteiger charge is -2.05. The maximum Gasteiger partial charge on any atom is 0.375 e. The molecule has 4 heteroatoms. The molecule has 0 aromatic heterocycles. The molecule has 0 aliphatic rings. The first-order chi connectivity index (χ1) is 9.66. The van der Waals surface area contributed by atoms with E-state index < -0.39 is 11.8 Å². The molecular weight excluding hydrogens is 367 g/mol. The van der Waals surface area contributed by atoms with E-state index in [0.29, 0.717) is 0 Å². The maximum absolute atomic E-state index is 11.8. The molecule has 20 heavy (non-hydrogen) atoms. The van der Waals surface area contributed by atoms with Gasteiger partial charge in [-0.25, -0.2) is 4.79 Å². The Hall–Kier alpha value is -1.69. The molecule has 2 aromatic rings. The molecule has 0 N–H and O–H groups in total.